The molecule has 1 aliphatic rings. The Morgan fingerprint density at radius 1 is 1.50 bits per heavy atom. The number of nitrogens with zero attached hydrogens (tertiary/aromatic N) is 1. The third-order valence-electron chi connectivity index (χ3n) is 3.49. The Kier molecular flexibility index (Phi) is 4.79. The summed E-state index contributed by atoms with van der Waals surface area (Å²) in [6.07, 6.45) is 2.17. The zero-order chi connectivity index (χ0) is 14.5. The van der Waals surface area contributed by atoms with Crippen LogP contribution in [0.4, 0.5) is 17.1 Å². The van der Waals surface area contributed by atoms with Crippen molar-refractivity contribution < 1.29 is 9.66 Å². The number of nitro groups is 1. The second kappa shape index (κ2) is 6.56. The van der Waals surface area contributed by atoms with Gasteiger partial charge in [0.1, 0.15) is 11.4 Å². The van der Waals surface area contributed by atoms with E-state index in [1.165, 1.54) is 0 Å². The molecule has 0 radical (unpaired) electrons. The van der Waals surface area contributed by atoms with Crippen molar-refractivity contribution in [3.63, 3.8) is 0 Å². The summed E-state index contributed by atoms with van der Waals surface area (Å²) in [6.45, 7) is 5.33. The standard InChI is InChI=1S/C14H21N3O3/c1-3-15-11-6-4-7-12(14(11)17(18)19)16-10(2)13-8-5-9-20-13/h4,6-7,10,13,15-16H,3,5,8-9H2,1-2H3. The number of benzene rings is 1. The van der Waals surface area contributed by atoms with Gasteiger partial charge in [0.2, 0.25) is 0 Å². The van der Waals surface area contributed by atoms with Crippen molar-refractivity contribution in [3.8, 4) is 0 Å². The smallest absolute Gasteiger partial charge is 0.315 e. The molecule has 2 N–H and O–H groups in total. The van der Waals surface area contributed by atoms with Crippen molar-refractivity contribution in [2.24, 2.45) is 0 Å². The molecule has 1 aromatic carbocycles. The first kappa shape index (κ1) is 14.6. The number of hydrogen-bond donors (Lipinski definition) is 2. The quantitative estimate of drug-likeness (QED) is 0.618. The van der Waals surface area contributed by atoms with Crippen LogP contribution in [-0.4, -0.2) is 30.2 Å². The Morgan fingerprint density at radius 2 is 2.25 bits per heavy atom. The van der Waals surface area contributed by atoms with E-state index >= 15 is 0 Å². The average molecular weight is 279 g/mol. The van der Waals surface area contributed by atoms with Gasteiger partial charge in [-0.05, 0) is 38.8 Å². The Balaban J connectivity index is 2.21. The first-order chi connectivity index (χ1) is 9.63. The summed E-state index contributed by atoms with van der Waals surface area (Å²) in [5.41, 5.74) is 1.18. The number of ether oxygens (including phenoxy) is 1. The highest BCUT2D eigenvalue weighted by Crippen LogP contribution is 2.34. The molecule has 6 heteroatoms. The van der Waals surface area contributed by atoms with E-state index in [4.69, 9.17) is 4.74 Å². The lowest BCUT2D eigenvalue weighted by molar-refractivity contribution is -0.383. The summed E-state index contributed by atoms with van der Waals surface area (Å²) < 4.78 is 5.62. The van der Waals surface area contributed by atoms with Gasteiger partial charge in [-0.15, -0.1) is 0 Å². The van der Waals surface area contributed by atoms with E-state index in [9.17, 15) is 10.1 Å². The Morgan fingerprint density at radius 3 is 2.85 bits per heavy atom. The molecular formula is C14H21N3O3. The highest BCUT2D eigenvalue weighted by Gasteiger charge is 2.26. The van der Waals surface area contributed by atoms with Crippen LogP contribution in [0.2, 0.25) is 0 Å². The highest BCUT2D eigenvalue weighted by atomic mass is 16.6. The van der Waals surface area contributed by atoms with Gasteiger partial charge in [0.05, 0.1) is 11.0 Å². The Labute approximate surface area is 118 Å². The molecule has 1 aromatic rings. The van der Waals surface area contributed by atoms with Gasteiger partial charge in [0, 0.05) is 19.2 Å². The maximum absolute atomic E-state index is 11.3. The van der Waals surface area contributed by atoms with Gasteiger partial charge in [0.15, 0.2) is 0 Å². The van der Waals surface area contributed by atoms with Crippen molar-refractivity contribution >= 4 is 17.1 Å². The topological polar surface area (TPSA) is 76.4 Å². The van der Waals surface area contributed by atoms with Gasteiger partial charge >= 0.3 is 5.69 Å². The van der Waals surface area contributed by atoms with E-state index in [1.54, 1.807) is 12.1 Å². The van der Waals surface area contributed by atoms with Crippen LogP contribution in [0.3, 0.4) is 0 Å². The predicted octanol–water partition coefficient (Wildman–Crippen LogP) is 3.01. The van der Waals surface area contributed by atoms with Crippen LogP contribution in [0.5, 0.6) is 0 Å². The van der Waals surface area contributed by atoms with Crippen LogP contribution >= 0.6 is 0 Å². The fourth-order valence-corrected chi connectivity index (χ4v) is 2.52. The minimum absolute atomic E-state index is 0.0491. The summed E-state index contributed by atoms with van der Waals surface area (Å²) in [5.74, 6) is 0. The van der Waals surface area contributed by atoms with Gasteiger partial charge in [0.25, 0.3) is 0 Å². The minimum atomic E-state index is -0.345. The van der Waals surface area contributed by atoms with Crippen LogP contribution in [-0.2, 0) is 4.74 Å². The first-order valence-electron chi connectivity index (χ1n) is 7.03. The van der Waals surface area contributed by atoms with Crippen molar-refractivity contribution in [1.29, 1.82) is 0 Å². The van der Waals surface area contributed by atoms with Gasteiger partial charge in [-0.2, -0.15) is 0 Å². The molecule has 0 amide bonds. The molecular weight excluding hydrogens is 258 g/mol. The van der Waals surface area contributed by atoms with Gasteiger partial charge in [-0.3, -0.25) is 10.1 Å². The molecule has 20 heavy (non-hydrogen) atoms. The number of rotatable bonds is 6. The second-order valence-corrected chi connectivity index (χ2v) is 4.97. The number of anilines is 2. The zero-order valence-corrected chi connectivity index (χ0v) is 11.9. The molecule has 6 nitrogen and oxygen atoms in total. The monoisotopic (exact) mass is 279 g/mol. The molecule has 0 bridgehead atoms. The predicted molar refractivity (Wildman–Crippen MR) is 79.3 cm³/mol. The molecule has 0 saturated carbocycles. The first-order valence-corrected chi connectivity index (χ1v) is 7.03. The SMILES string of the molecule is CCNc1cccc(NC(C)C2CCCO2)c1[N+](=O)[O-]. The van der Waals surface area contributed by atoms with Gasteiger partial charge in [-0.25, -0.2) is 0 Å². The van der Waals surface area contributed by atoms with Crippen LogP contribution < -0.4 is 10.6 Å². The molecule has 1 aliphatic heterocycles. The van der Waals surface area contributed by atoms with Crippen molar-refractivity contribution in [2.75, 3.05) is 23.8 Å². The average Bonchev–Trinajstić information content (AvgIpc) is 2.92. The summed E-state index contributed by atoms with van der Waals surface area (Å²) in [4.78, 5) is 11.0. The second-order valence-electron chi connectivity index (χ2n) is 4.97. The van der Waals surface area contributed by atoms with Crippen molar-refractivity contribution in [3.05, 3.63) is 28.3 Å². The lowest BCUT2D eigenvalue weighted by atomic mass is 10.1. The van der Waals surface area contributed by atoms with E-state index < -0.39 is 0 Å². The summed E-state index contributed by atoms with van der Waals surface area (Å²) in [6, 6.07) is 5.33. The van der Waals surface area contributed by atoms with E-state index in [0.29, 0.717) is 17.9 Å². The lowest BCUT2D eigenvalue weighted by Gasteiger charge is -2.21. The molecule has 2 rings (SSSR count). The highest BCUT2D eigenvalue weighted by molar-refractivity contribution is 5.76. The molecule has 0 spiro atoms. The summed E-state index contributed by atoms with van der Waals surface area (Å²) >= 11 is 0. The van der Waals surface area contributed by atoms with Crippen LogP contribution in [0, 0.1) is 10.1 Å². The molecule has 1 fully saturated rings. The largest absolute Gasteiger partial charge is 0.380 e. The fourth-order valence-electron chi connectivity index (χ4n) is 2.52. The van der Waals surface area contributed by atoms with E-state index in [2.05, 4.69) is 10.6 Å². The molecule has 1 saturated heterocycles. The number of nitro benzene ring substituents is 1. The van der Waals surface area contributed by atoms with E-state index in [1.807, 2.05) is 19.9 Å². The molecule has 110 valence electrons. The van der Waals surface area contributed by atoms with E-state index in [0.717, 1.165) is 19.4 Å². The number of para-hydroxylation sites is 1. The fraction of sp³-hybridized carbons (Fsp3) is 0.571. The molecule has 0 aromatic heterocycles. The molecule has 2 unspecified atom stereocenters. The maximum atomic E-state index is 11.3. The minimum Gasteiger partial charge on any atom is -0.380 e. The normalized spacial score (nSPS) is 19.6. The molecule has 0 aliphatic carbocycles. The van der Waals surface area contributed by atoms with Crippen LogP contribution in [0.15, 0.2) is 18.2 Å². The van der Waals surface area contributed by atoms with E-state index in [-0.39, 0.29) is 22.8 Å². The lowest BCUT2D eigenvalue weighted by Crippen LogP contribution is -2.30. The third kappa shape index (κ3) is 3.19. The zero-order valence-electron chi connectivity index (χ0n) is 11.9. The Hall–Kier alpha value is -1.82. The van der Waals surface area contributed by atoms with Crippen LogP contribution in [0.25, 0.3) is 0 Å². The summed E-state index contributed by atoms with van der Waals surface area (Å²) in [7, 11) is 0. The van der Waals surface area contributed by atoms with Crippen LogP contribution in [0.1, 0.15) is 26.7 Å². The number of hydrogen-bond acceptors (Lipinski definition) is 5. The third-order valence-corrected chi connectivity index (χ3v) is 3.49. The molecule has 2 atom stereocenters. The van der Waals surface area contributed by atoms with Gasteiger partial charge in [-0.1, -0.05) is 6.07 Å². The van der Waals surface area contributed by atoms with Crippen molar-refractivity contribution in [2.45, 2.75) is 38.8 Å². The summed E-state index contributed by atoms with van der Waals surface area (Å²) in [5, 5.41) is 17.6. The number of nitrogens with one attached hydrogen (secondary N) is 2. The maximum Gasteiger partial charge on any atom is 0.315 e. The molecule has 1 heterocycles. The van der Waals surface area contributed by atoms with Crippen molar-refractivity contribution in [1.82, 2.24) is 0 Å². The Bertz CT molecular complexity index is 473. The van der Waals surface area contributed by atoms with Gasteiger partial charge < -0.3 is 15.4 Å².